The lowest BCUT2D eigenvalue weighted by molar-refractivity contribution is -0.136. The van der Waals surface area contributed by atoms with E-state index >= 15 is 0 Å². The zero-order valence-electron chi connectivity index (χ0n) is 18.1. The number of hydrogen-bond acceptors (Lipinski definition) is 6. The number of nitrogens with zero attached hydrogens (tertiary/aromatic N) is 3. The van der Waals surface area contributed by atoms with Crippen LogP contribution in [0.3, 0.4) is 0 Å². The number of sulfonamides is 1. The van der Waals surface area contributed by atoms with Gasteiger partial charge >= 0.3 is 0 Å². The molecule has 3 heterocycles. The summed E-state index contributed by atoms with van der Waals surface area (Å²) in [5, 5.41) is 0. The van der Waals surface area contributed by atoms with Crippen molar-refractivity contribution in [3.05, 3.63) is 48.5 Å². The summed E-state index contributed by atoms with van der Waals surface area (Å²) in [7, 11) is -3.72. The standard InChI is InChI=1S/C23H25N3O6S/c27-22-14-17(16-26(22)18-4-2-1-3-5-18)23(28)24-8-10-25(11-9-24)33(29,30)19-6-7-20-21(15-19)32-13-12-31-20/h1-7,15,17H,8-14,16H2. The van der Waals surface area contributed by atoms with Crippen LogP contribution in [0.1, 0.15) is 6.42 Å². The number of fused-ring (bicyclic) bond motifs is 1. The summed E-state index contributed by atoms with van der Waals surface area (Å²) < 4.78 is 38.6. The van der Waals surface area contributed by atoms with Crippen molar-refractivity contribution in [1.29, 1.82) is 0 Å². The average Bonchev–Trinajstić information content (AvgIpc) is 3.25. The van der Waals surface area contributed by atoms with Gasteiger partial charge < -0.3 is 19.3 Å². The van der Waals surface area contributed by atoms with Crippen molar-refractivity contribution in [2.75, 3.05) is 50.8 Å². The minimum atomic E-state index is -3.72. The Labute approximate surface area is 192 Å². The average molecular weight is 472 g/mol. The summed E-state index contributed by atoms with van der Waals surface area (Å²) in [6.07, 6.45) is 0.170. The molecule has 0 bridgehead atoms. The molecule has 1 atom stereocenters. The first-order valence-electron chi connectivity index (χ1n) is 11.0. The van der Waals surface area contributed by atoms with E-state index in [0.29, 0.717) is 44.3 Å². The van der Waals surface area contributed by atoms with Crippen molar-refractivity contribution < 1.29 is 27.5 Å². The normalized spacial score (nSPS) is 21.3. The maximum atomic E-state index is 13.1. The third-order valence-corrected chi connectivity index (χ3v) is 8.14. The van der Waals surface area contributed by atoms with Crippen molar-refractivity contribution in [2.24, 2.45) is 5.92 Å². The monoisotopic (exact) mass is 471 g/mol. The third kappa shape index (κ3) is 4.16. The molecule has 0 N–H and O–H groups in total. The van der Waals surface area contributed by atoms with Crippen molar-refractivity contribution >= 4 is 27.5 Å². The van der Waals surface area contributed by atoms with Crippen LogP contribution in [0, 0.1) is 5.92 Å². The fourth-order valence-electron chi connectivity index (χ4n) is 4.47. The first-order valence-corrected chi connectivity index (χ1v) is 12.4. The van der Waals surface area contributed by atoms with Crippen LogP contribution in [-0.2, 0) is 19.6 Å². The van der Waals surface area contributed by atoms with E-state index in [9.17, 15) is 18.0 Å². The predicted molar refractivity (Wildman–Crippen MR) is 120 cm³/mol. The molecule has 0 aromatic heterocycles. The highest BCUT2D eigenvalue weighted by atomic mass is 32.2. The summed E-state index contributed by atoms with van der Waals surface area (Å²) in [4.78, 5) is 29.0. The van der Waals surface area contributed by atoms with Gasteiger partial charge in [-0.3, -0.25) is 9.59 Å². The zero-order valence-corrected chi connectivity index (χ0v) is 18.9. The topological polar surface area (TPSA) is 96.5 Å². The Bertz CT molecular complexity index is 1160. The lowest BCUT2D eigenvalue weighted by Crippen LogP contribution is -2.52. The highest BCUT2D eigenvalue weighted by Gasteiger charge is 2.39. The van der Waals surface area contributed by atoms with Crippen LogP contribution in [0.2, 0.25) is 0 Å². The number of carbonyl (C=O) groups is 2. The summed E-state index contributed by atoms with van der Waals surface area (Å²) in [5.74, 6) is 0.368. The van der Waals surface area contributed by atoms with E-state index < -0.39 is 15.9 Å². The van der Waals surface area contributed by atoms with Gasteiger partial charge in [-0.15, -0.1) is 0 Å². The van der Waals surface area contributed by atoms with Gasteiger partial charge in [-0.05, 0) is 24.3 Å². The van der Waals surface area contributed by atoms with Crippen LogP contribution in [0.4, 0.5) is 5.69 Å². The number of ether oxygens (including phenoxy) is 2. The molecule has 1 unspecified atom stereocenters. The number of amides is 2. The molecule has 2 fully saturated rings. The number of anilines is 1. The molecule has 0 radical (unpaired) electrons. The van der Waals surface area contributed by atoms with Crippen molar-refractivity contribution in [1.82, 2.24) is 9.21 Å². The molecule has 2 aromatic rings. The molecule has 5 rings (SSSR count). The largest absolute Gasteiger partial charge is 0.486 e. The third-order valence-electron chi connectivity index (χ3n) is 6.24. The van der Waals surface area contributed by atoms with Crippen LogP contribution >= 0.6 is 0 Å². The molecule has 174 valence electrons. The van der Waals surface area contributed by atoms with Crippen LogP contribution < -0.4 is 14.4 Å². The maximum absolute atomic E-state index is 13.1. The minimum Gasteiger partial charge on any atom is -0.486 e. The van der Waals surface area contributed by atoms with Crippen LogP contribution in [-0.4, -0.2) is 75.4 Å². The van der Waals surface area contributed by atoms with Crippen molar-refractivity contribution in [3.63, 3.8) is 0 Å². The SMILES string of the molecule is O=C(C1CC(=O)N(c2ccccc2)C1)N1CCN(S(=O)(=O)c2ccc3c(c2)OCCO3)CC1. The number of rotatable bonds is 4. The van der Waals surface area contributed by atoms with Gasteiger partial charge in [0, 0.05) is 50.9 Å². The van der Waals surface area contributed by atoms with E-state index in [1.54, 1.807) is 15.9 Å². The van der Waals surface area contributed by atoms with Gasteiger partial charge in [-0.2, -0.15) is 4.31 Å². The Morgan fingerprint density at radius 1 is 0.909 bits per heavy atom. The fraction of sp³-hybridized carbons (Fsp3) is 0.391. The molecule has 9 nitrogen and oxygen atoms in total. The molecule has 2 saturated heterocycles. The van der Waals surface area contributed by atoms with Crippen molar-refractivity contribution in [2.45, 2.75) is 11.3 Å². The number of benzene rings is 2. The Morgan fingerprint density at radius 2 is 1.61 bits per heavy atom. The molecular formula is C23H25N3O6S. The van der Waals surface area contributed by atoms with E-state index in [4.69, 9.17) is 9.47 Å². The Balaban J connectivity index is 1.22. The number of carbonyl (C=O) groups excluding carboxylic acids is 2. The Kier molecular flexibility index (Phi) is 5.71. The second-order valence-corrected chi connectivity index (χ2v) is 10.2. The highest BCUT2D eigenvalue weighted by molar-refractivity contribution is 7.89. The molecule has 0 aliphatic carbocycles. The molecule has 2 aromatic carbocycles. The quantitative estimate of drug-likeness (QED) is 0.668. The summed E-state index contributed by atoms with van der Waals surface area (Å²) in [6.45, 7) is 2.14. The van der Waals surface area contributed by atoms with Gasteiger partial charge in [0.25, 0.3) is 0 Å². The lowest BCUT2D eigenvalue weighted by Gasteiger charge is -2.35. The molecule has 0 spiro atoms. The Morgan fingerprint density at radius 3 is 2.33 bits per heavy atom. The lowest BCUT2D eigenvalue weighted by atomic mass is 10.1. The van der Waals surface area contributed by atoms with Crippen molar-refractivity contribution in [3.8, 4) is 11.5 Å². The molecule has 2 amide bonds. The van der Waals surface area contributed by atoms with Gasteiger partial charge in [-0.1, -0.05) is 18.2 Å². The number of piperazine rings is 1. The smallest absolute Gasteiger partial charge is 0.243 e. The van der Waals surface area contributed by atoms with Gasteiger partial charge in [0.2, 0.25) is 21.8 Å². The second kappa shape index (κ2) is 8.68. The maximum Gasteiger partial charge on any atom is 0.243 e. The summed E-state index contributed by atoms with van der Waals surface area (Å²) in [5.41, 5.74) is 0.785. The van der Waals surface area contributed by atoms with Gasteiger partial charge in [0.1, 0.15) is 13.2 Å². The summed E-state index contributed by atoms with van der Waals surface area (Å²) in [6, 6.07) is 13.9. The van der Waals surface area contributed by atoms with Gasteiger partial charge in [-0.25, -0.2) is 8.42 Å². The Hall–Kier alpha value is -3.11. The highest BCUT2D eigenvalue weighted by Crippen LogP contribution is 2.33. The fourth-order valence-corrected chi connectivity index (χ4v) is 5.91. The van der Waals surface area contributed by atoms with Crippen LogP contribution in [0.15, 0.2) is 53.4 Å². The van der Waals surface area contributed by atoms with Crippen LogP contribution in [0.25, 0.3) is 0 Å². The first-order chi connectivity index (χ1) is 15.9. The summed E-state index contributed by atoms with van der Waals surface area (Å²) >= 11 is 0. The zero-order chi connectivity index (χ0) is 23.0. The molecule has 3 aliphatic heterocycles. The van der Waals surface area contributed by atoms with Gasteiger partial charge in [0.05, 0.1) is 10.8 Å². The first kappa shape index (κ1) is 21.7. The van der Waals surface area contributed by atoms with E-state index in [2.05, 4.69) is 0 Å². The number of hydrogen-bond donors (Lipinski definition) is 0. The number of para-hydroxylation sites is 1. The van der Waals surface area contributed by atoms with E-state index in [0.717, 1.165) is 5.69 Å². The molecular weight excluding hydrogens is 446 g/mol. The minimum absolute atomic E-state index is 0.0700. The molecule has 3 aliphatic rings. The van der Waals surface area contributed by atoms with E-state index in [-0.39, 0.29) is 36.2 Å². The molecule has 10 heteroatoms. The van der Waals surface area contributed by atoms with E-state index in [1.807, 2.05) is 30.3 Å². The predicted octanol–water partition coefficient (Wildman–Crippen LogP) is 1.34. The van der Waals surface area contributed by atoms with Crippen LogP contribution in [0.5, 0.6) is 11.5 Å². The molecule has 33 heavy (non-hydrogen) atoms. The van der Waals surface area contributed by atoms with Gasteiger partial charge in [0.15, 0.2) is 11.5 Å². The second-order valence-electron chi connectivity index (χ2n) is 8.28. The molecule has 0 saturated carbocycles. The van der Waals surface area contributed by atoms with E-state index in [1.165, 1.54) is 16.4 Å².